The minimum atomic E-state index is -4.52. The van der Waals surface area contributed by atoms with Gasteiger partial charge in [0.2, 0.25) is 17.8 Å². The molecule has 2 atom stereocenters. The number of carbonyl (C=O) groups excluding carboxylic acids is 2. The van der Waals surface area contributed by atoms with Crippen LogP contribution in [0.4, 0.5) is 23.5 Å². The van der Waals surface area contributed by atoms with E-state index in [9.17, 15) is 27.2 Å². The maximum absolute atomic E-state index is 13.6. The highest BCUT2D eigenvalue weighted by Gasteiger charge is 2.48. The molecule has 7 nitrogen and oxygen atoms in total. The van der Waals surface area contributed by atoms with Gasteiger partial charge in [0.25, 0.3) is 0 Å². The lowest BCUT2D eigenvalue weighted by Crippen LogP contribution is -2.46. The molecule has 3 heterocycles. The zero-order chi connectivity index (χ0) is 27.9. The van der Waals surface area contributed by atoms with Crippen molar-refractivity contribution >= 4 is 17.8 Å². The number of likely N-dealkylation sites (tertiary alicyclic amines) is 2. The van der Waals surface area contributed by atoms with Gasteiger partial charge in [-0.15, -0.1) is 0 Å². The first-order valence-corrected chi connectivity index (χ1v) is 13.4. The number of carbonyl (C=O) groups is 2. The van der Waals surface area contributed by atoms with Crippen molar-refractivity contribution < 1.29 is 27.2 Å². The van der Waals surface area contributed by atoms with Crippen molar-refractivity contribution in [3.63, 3.8) is 0 Å². The van der Waals surface area contributed by atoms with Gasteiger partial charge >= 0.3 is 6.18 Å². The van der Waals surface area contributed by atoms with Gasteiger partial charge in [-0.1, -0.05) is 19.1 Å². The van der Waals surface area contributed by atoms with Crippen LogP contribution in [0.1, 0.15) is 49.7 Å². The fraction of sp³-hybridized carbons (Fsp3) is 0.571. The Kier molecular flexibility index (Phi) is 7.28. The number of anilines is 1. The highest BCUT2D eigenvalue weighted by atomic mass is 19.4. The van der Waals surface area contributed by atoms with E-state index in [2.05, 4.69) is 9.97 Å². The summed E-state index contributed by atoms with van der Waals surface area (Å²) in [6.07, 6.45) is 0.122. The summed E-state index contributed by atoms with van der Waals surface area (Å²) in [5.74, 6) is -0.244. The van der Waals surface area contributed by atoms with E-state index in [0.29, 0.717) is 45.6 Å². The van der Waals surface area contributed by atoms with Crippen molar-refractivity contribution in [3.05, 3.63) is 53.6 Å². The molecule has 2 aliphatic heterocycles. The van der Waals surface area contributed by atoms with Crippen LogP contribution in [0.25, 0.3) is 0 Å². The van der Waals surface area contributed by atoms with Crippen molar-refractivity contribution in [2.24, 2.45) is 17.3 Å². The van der Waals surface area contributed by atoms with E-state index in [1.807, 2.05) is 16.7 Å². The Balaban J connectivity index is 1.27. The molecule has 39 heavy (non-hydrogen) atoms. The van der Waals surface area contributed by atoms with Gasteiger partial charge < -0.3 is 14.7 Å². The molecule has 5 rings (SSSR count). The minimum absolute atomic E-state index is 0.0581. The molecule has 0 spiro atoms. The molecule has 3 fully saturated rings. The summed E-state index contributed by atoms with van der Waals surface area (Å²) >= 11 is 0. The molecule has 210 valence electrons. The molecule has 0 radical (unpaired) electrons. The third-order valence-electron chi connectivity index (χ3n) is 8.51. The van der Waals surface area contributed by atoms with Crippen LogP contribution in [0.2, 0.25) is 0 Å². The lowest BCUT2D eigenvalue weighted by Gasteiger charge is -2.34. The van der Waals surface area contributed by atoms with E-state index >= 15 is 0 Å². The second-order valence-electron chi connectivity index (χ2n) is 11.4. The maximum Gasteiger partial charge on any atom is 0.419 e. The van der Waals surface area contributed by atoms with Gasteiger partial charge in [-0.25, -0.2) is 14.4 Å². The molecule has 11 heteroatoms. The lowest BCUT2D eigenvalue weighted by molar-refractivity contribution is -0.142. The quantitative estimate of drug-likeness (QED) is 0.503. The van der Waals surface area contributed by atoms with Gasteiger partial charge in [0, 0.05) is 75.3 Å². The lowest BCUT2D eigenvalue weighted by atomic mass is 9.88. The van der Waals surface area contributed by atoms with E-state index < -0.39 is 11.7 Å². The first kappa shape index (κ1) is 27.3. The molecule has 1 saturated carbocycles. The second-order valence-corrected chi connectivity index (χ2v) is 11.4. The first-order chi connectivity index (χ1) is 18.4. The van der Waals surface area contributed by atoms with Gasteiger partial charge in [-0.3, -0.25) is 9.59 Å². The molecular weight excluding hydrogens is 514 g/mol. The molecule has 1 aliphatic carbocycles. The second kappa shape index (κ2) is 10.4. The van der Waals surface area contributed by atoms with Crippen molar-refractivity contribution in [2.45, 2.75) is 44.7 Å². The number of hydrogen-bond donors (Lipinski definition) is 0. The van der Waals surface area contributed by atoms with Crippen molar-refractivity contribution in [1.82, 2.24) is 19.8 Å². The number of amides is 2. The van der Waals surface area contributed by atoms with Crippen LogP contribution < -0.4 is 4.90 Å². The van der Waals surface area contributed by atoms with E-state index in [4.69, 9.17) is 0 Å². The normalized spacial score (nSPS) is 23.1. The predicted octanol–water partition coefficient (Wildman–Crippen LogP) is 4.35. The van der Waals surface area contributed by atoms with Crippen molar-refractivity contribution in [3.8, 4) is 0 Å². The standard InChI is InChI=1S/C28H33F4N5O2/c1-27(9-10-27)25(39)36-11-7-19(8-12-36)24(38)37-16-20(23(17-37)18-3-5-22(29)6-4-18)15-35(2)26-33-13-21(14-34-26)28(30,31)32/h3-6,13-14,19-20,23H,7-12,15-17H2,1-2H3. The Hall–Kier alpha value is -3.24. The zero-order valence-electron chi connectivity index (χ0n) is 22.1. The molecule has 3 aliphatic rings. The van der Waals surface area contributed by atoms with Crippen LogP contribution in [-0.2, 0) is 15.8 Å². The Morgan fingerprint density at radius 2 is 1.64 bits per heavy atom. The highest BCUT2D eigenvalue weighted by molar-refractivity contribution is 5.85. The summed E-state index contributed by atoms with van der Waals surface area (Å²) in [5, 5.41) is 0. The zero-order valence-corrected chi connectivity index (χ0v) is 22.1. The van der Waals surface area contributed by atoms with Gasteiger partial charge in [0.05, 0.1) is 5.56 Å². The van der Waals surface area contributed by atoms with Gasteiger partial charge in [0.15, 0.2) is 0 Å². The molecular formula is C28H33F4N5O2. The average molecular weight is 548 g/mol. The van der Waals surface area contributed by atoms with Crippen molar-refractivity contribution in [1.29, 1.82) is 0 Å². The molecule has 2 saturated heterocycles. The molecule has 0 bridgehead atoms. The van der Waals surface area contributed by atoms with Crippen molar-refractivity contribution in [2.75, 3.05) is 44.7 Å². The molecule has 2 unspecified atom stereocenters. The highest BCUT2D eigenvalue weighted by Crippen LogP contribution is 2.47. The monoisotopic (exact) mass is 547 g/mol. The van der Waals surface area contributed by atoms with Crippen LogP contribution in [0.15, 0.2) is 36.7 Å². The number of nitrogens with zero attached hydrogens (tertiary/aromatic N) is 5. The number of benzene rings is 1. The van der Waals surface area contributed by atoms with Crippen LogP contribution >= 0.6 is 0 Å². The summed E-state index contributed by atoms with van der Waals surface area (Å²) in [5.41, 5.74) is -0.235. The molecule has 2 amide bonds. The van der Waals surface area contributed by atoms with Gasteiger partial charge in [-0.2, -0.15) is 13.2 Å². The first-order valence-electron chi connectivity index (χ1n) is 13.4. The topological polar surface area (TPSA) is 69.6 Å². The summed E-state index contributed by atoms with van der Waals surface area (Å²) in [6.45, 7) is 4.49. The number of hydrogen-bond acceptors (Lipinski definition) is 5. The Labute approximate surface area is 225 Å². The number of rotatable bonds is 6. The summed E-state index contributed by atoms with van der Waals surface area (Å²) < 4.78 is 52.4. The SMILES string of the molecule is CN(CC1CN(C(=O)C2CCN(C(=O)C3(C)CC3)CC2)CC1c1ccc(F)cc1)c1ncc(C(F)(F)F)cn1. The summed E-state index contributed by atoms with van der Waals surface area (Å²) in [4.78, 5) is 39.5. The van der Waals surface area contributed by atoms with E-state index in [1.54, 1.807) is 24.1 Å². The van der Waals surface area contributed by atoms with Gasteiger partial charge in [0.1, 0.15) is 5.82 Å². The molecule has 1 aromatic carbocycles. The largest absolute Gasteiger partial charge is 0.419 e. The minimum Gasteiger partial charge on any atom is -0.344 e. The number of alkyl halides is 3. The smallest absolute Gasteiger partial charge is 0.344 e. The number of piperidine rings is 1. The van der Waals surface area contributed by atoms with Gasteiger partial charge in [-0.05, 0) is 43.4 Å². The predicted molar refractivity (Wildman–Crippen MR) is 136 cm³/mol. The molecule has 2 aromatic rings. The number of aromatic nitrogens is 2. The van der Waals surface area contributed by atoms with Crippen LogP contribution in [0.5, 0.6) is 0 Å². The van der Waals surface area contributed by atoms with Crippen LogP contribution in [-0.4, -0.2) is 71.4 Å². The van der Waals surface area contributed by atoms with Crippen LogP contribution in [0.3, 0.4) is 0 Å². The fourth-order valence-electron chi connectivity index (χ4n) is 5.79. The molecule has 1 aromatic heterocycles. The Morgan fingerprint density at radius 3 is 2.21 bits per heavy atom. The van der Waals surface area contributed by atoms with E-state index in [0.717, 1.165) is 30.8 Å². The van der Waals surface area contributed by atoms with E-state index in [1.165, 1.54) is 12.1 Å². The summed E-state index contributed by atoms with van der Waals surface area (Å²) in [7, 11) is 1.71. The average Bonchev–Trinajstić information content (AvgIpc) is 3.54. The third kappa shape index (κ3) is 5.86. The fourth-order valence-corrected chi connectivity index (χ4v) is 5.79. The van der Waals surface area contributed by atoms with Crippen LogP contribution in [0, 0.1) is 23.1 Å². The Morgan fingerprint density at radius 1 is 1.03 bits per heavy atom. The molecule has 0 N–H and O–H groups in total. The third-order valence-corrected chi connectivity index (χ3v) is 8.51. The maximum atomic E-state index is 13.6. The van der Waals surface area contributed by atoms with E-state index in [-0.39, 0.29) is 46.7 Å². The number of halogens is 4. The summed E-state index contributed by atoms with van der Waals surface area (Å²) in [6, 6.07) is 6.23. The Bertz CT molecular complexity index is 1190.